The van der Waals surface area contributed by atoms with Crippen molar-refractivity contribution in [3.63, 3.8) is 0 Å². The van der Waals surface area contributed by atoms with Gasteiger partial charge in [-0.1, -0.05) is 392 Å². The van der Waals surface area contributed by atoms with Crippen molar-refractivity contribution in [1.82, 2.24) is 0 Å². The van der Waals surface area contributed by atoms with Crippen molar-refractivity contribution in [3.05, 3.63) is 464 Å². The molecule has 2 aliphatic rings. The van der Waals surface area contributed by atoms with Crippen molar-refractivity contribution < 1.29 is 94.0 Å². The average Bonchev–Trinajstić information content (AvgIpc) is 0.694. The van der Waals surface area contributed by atoms with Crippen LogP contribution in [0, 0.1) is 6.92 Å². The van der Waals surface area contributed by atoms with E-state index in [4.69, 9.17) is 49.2 Å². The van der Waals surface area contributed by atoms with E-state index in [9.17, 15) is 29.9 Å². The van der Waals surface area contributed by atoms with Gasteiger partial charge in [-0.25, -0.2) is 0 Å². The van der Waals surface area contributed by atoms with Crippen LogP contribution in [0.25, 0.3) is 87.6 Å². The molecule has 3 unspecified atom stereocenters. The summed E-state index contributed by atoms with van der Waals surface area (Å²) < 4.78 is 9.73. The maximum absolute atomic E-state index is 12.2. The molecule has 578 valence electrons. The van der Waals surface area contributed by atoms with Crippen LogP contribution >= 0.6 is 59.0 Å². The molecule has 0 bridgehead atoms. The number of hydrogen-bond donors (Lipinski definition) is 5. The molecule has 19 rings (SSSR count). The second-order valence-corrected chi connectivity index (χ2v) is 30.3. The summed E-state index contributed by atoms with van der Waals surface area (Å²) in [5.41, 5.74) is 12.8. The quantitative estimate of drug-likeness (QED) is 0.0429. The molecule has 0 saturated heterocycles. The van der Waals surface area contributed by atoms with Crippen molar-refractivity contribution in [3.8, 4) is 44.5 Å². The monoisotopic (exact) mass is 1700 g/mol. The van der Waals surface area contributed by atoms with Gasteiger partial charge >= 0.3 is 63.8 Å². The van der Waals surface area contributed by atoms with Crippen LogP contribution in [0.15, 0.2) is 387 Å². The van der Waals surface area contributed by atoms with Crippen LogP contribution in [0.4, 0.5) is 0 Å². The molecule has 0 amide bonds. The molecule has 17 aromatic rings. The molecule has 2 aliphatic carbocycles. The number of halogens is 4. The number of carbonyl (C=O) groups excluding carboxylic acids is 2. The predicted molar refractivity (Wildman–Crippen MR) is 485 cm³/mol. The number of aliphatic hydroxyl groups is 2. The van der Waals surface area contributed by atoms with E-state index in [1.54, 1.807) is 60.7 Å². The number of benzene rings is 17. The average molecular weight is 1710 g/mol. The van der Waals surface area contributed by atoms with E-state index in [-0.39, 0.29) is 61.4 Å². The first-order valence-electron chi connectivity index (χ1n) is 37.8. The summed E-state index contributed by atoms with van der Waals surface area (Å²) in [5, 5.41) is 55.0. The fourth-order valence-corrected chi connectivity index (χ4v) is 16.0. The zero-order valence-electron chi connectivity index (χ0n) is 66.4. The van der Waals surface area contributed by atoms with Crippen molar-refractivity contribution in [2.45, 2.75) is 31.0 Å². The van der Waals surface area contributed by atoms with Gasteiger partial charge in [-0.2, -0.15) is 11.3 Å². The summed E-state index contributed by atoms with van der Waals surface area (Å²) in [6.07, 6.45) is 2.28. The molecule has 0 radical (unpaired) electrons. The molecule has 3 atom stereocenters. The minimum atomic E-state index is -3.12. The summed E-state index contributed by atoms with van der Waals surface area (Å²) in [6, 6.07) is 124. The Kier molecular flexibility index (Phi) is 31.5. The van der Waals surface area contributed by atoms with E-state index in [1.165, 1.54) is 55.6 Å². The van der Waals surface area contributed by atoms with E-state index in [1.807, 2.05) is 176 Å². The van der Waals surface area contributed by atoms with Gasteiger partial charge in [0, 0.05) is 47.4 Å². The van der Waals surface area contributed by atoms with E-state index in [2.05, 4.69) is 175 Å². The first-order valence-corrected chi connectivity index (χ1v) is 40.9. The summed E-state index contributed by atoms with van der Waals surface area (Å²) in [7, 11) is -4.63. The third-order valence-corrected chi connectivity index (χ3v) is 21.6. The summed E-state index contributed by atoms with van der Waals surface area (Å²) in [6.45, 7) is 5.72. The predicted octanol–water partition coefficient (Wildman–Crippen LogP) is 18.5. The Balaban J connectivity index is 0.000000159. The van der Waals surface area contributed by atoms with E-state index < -0.39 is 26.6 Å². The van der Waals surface area contributed by atoms with Crippen LogP contribution in [0.3, 0.4) is 0 Å². The SMILES string of the molecule is Brc1ccccc1.Clc1ccc2c(-c3ccccc3)c3ccccc3c(-c3ccccc3)c2c1.O=C1c2ccccc2C(=O)c2cc(Cl)ccc21.O=[P+]([O-])O.OB(O)c1ccc2c(-c3ccccc3)c3ccccc3c(-c3ccccc3)c2c1.OC1(c2ccccc2)c2ccccc2C(O)(c2ccccc2)c2cc(Cl)ccc21.[CH2-]CCC.[H-].[Li+].[Na+]. The molecule has 119 heavy (non-hydrogen) atoms. The normalized spacial score (nSPS) is 13.8. The van der Waals surface area contributed by atoms with Crippen molar-refractivity contribution in [2.75, 3.05) is 0 Å². The van der Waals surface area contributed by atoms with E-state index in [0.717, 1.165) is 65.5 Å². The molecule has 5 N–H and O–H groups in total. The molecule has 0 aromatic heterocycles. The van der Waals surface area contributed by atoms with Crippen molar-refractivity contribution in [1.29, 1.82) is 0 Å². The molecule has 0 saturated carbocycles. The Morgan fingerprint density at radius 2 is 0.647 bits per heavy atom. The largest absolute Gasteiger partial charge is 1.00 e. The second-order valence-electron chi connectivity index (χ2n) is 27.6. The van der Waals surface area contributed by atoms with Gasteiger partial charge in [-0.3, -0.25) is 9.59 Å². The maximum Gasteiger partial charge on any atom is 1.00 e. The number of rotatable bonds is 8. The summed E-state index contributed by atoms with van der Waals surface area (Å²) >= 11 is 22.0. The summed E-state index contributed by atoms with van der Waals surface area (Å²) in [4.78, 5) is 40.0. The fraction of sp³-hybridized carbons (Fsp3) is 0.0490. The minimum absolute atomic E-state index is 0. The van der Waals surface area contributed by atoms with Crippen LogP contribution < -0.4 is 58.8 Å². The van der Waals surface area contributed by atoms with Gasteiger partial charge in [-0.05, 0) is 180 Å². The zero-order valence-corrected chi connectivity index (χ0v) is 72.1. The number of carbonyl (C=O) groups is 2. The molecule has 0 spiro atoms. The van der Waals surface area contributed by atoms with Gasteiger partial charge in [0.05, 0.1) is 0 Å². The number of hydrogen-bond acceptors (Lipinski definition) is 8. The van der Waals surface area contributed by atoms with E-state index >= 15 is 0 Å². The van der Waals surface area contributed by atoms with Crippen molar-refractivity contribution >= 4 is 126 Å². The van der Waals surface area contributed by atoms with Gasteiger partial charge in [0.1, 0.15) is 11.2 Å². The maximum atomic E-state index is 12.2. The van der Waals surface area contributed by atoms with Crippen LogP contribution in [0.5, 0.6) is 0 Å². The third-order valence-electron chi connectivity index (χ3n) is 20.4. The molecular weight excluding hydrogens is 1630 g/mol. The Labute approximate surface area is 753 Å². The molecule has 9 nitrogen and oxygen atoms in total. The third kappa shape index (κ3) is 19.9. The first-order chi connectivity index (χ1) is 56.8. The number of unbranched alkanes of at least 4 members (excludes halogenated alkanes) is 1. The smallest absolute Gasteiger partial charge is 1.00 e. The number of fused-ring (bicyclic) bond motifs is 8. The number of ketones is 2. The van der Waals surface area contributed by atoms with Crippen LogP contribution in [0.1, 0.15) is 86.4 Å². The van der Waals surface area contributed by atoms with Gasteiger partial charge in [0.2, 0.25) is 0 Å². The molecule has 0 aliphatic heterocycles. The van der Waals surface area contributed by atoms with Gasteiger partial charge in [0.25, 0.3) is 0 Å². The Morgan fingerprint density at radius 3 is 1.03 bits per heavy atom. The van der Waals surface area contributed by atoms with Gasteiger partial charge < -0.3 is 33.5 Å². The van der Waals surface area contributed by atoms with Crippen LogP contribution in [-0.4, -0.2) is 43.8 Å². The van der Waals surface area contributed by atoms with Gasteiger partial charge in [0.15, 0.2) is 11.6 Å². The molecule has 0 fully saturated rings. The first kappa shape index (κ1) is 89.8. The topological polar surface area (TPSA) is 175 Å². The summed E-state index contributed by atoms with van der Waals surface area (Å²) in [5.74, 6) is -0.260. The molecule has 0 heterocycles. The molecule has 17 aromatic carbocycles. The molecule has 17 heteroatoms. The van der Waals surface area contributed by atoms with E-state index in [0.29, 0.717) is 60.0 Å². The Morgan fingerprint density at radius 1 is 0.370 bits per heavy atom. The zero-order chi connectivity index (χ0) is 82.2. The van der Waals surface area contributed by atoms with Gasteiger partial charge in [-0.15, -0.1) is 0 Å². The minimum Gasteiger partial charge on any atom is -1.00 e. The van der Waals surface area contributed by atoms with Crippen molar-refractivity contribution in [2.24, 2.45) is 0 Å². The Bertz CT molecular complexity index is 6400. The fourth-order valence-electron chi connectivity index (χ4n) is 15.2. The van der Waals surface area contributed by atoms with Crippen LogP contribution in [-0.2, 0) is 15.8 Å². The standard InChI is InChI=1S/C26H19BO2.C26H19ClO2.C26H17Cl.C14H7ClO2.C6H5Br.C4H9.Li.Na.HO3P.H/c28-27(29)20-15-16-23-24(17-20)26(19-11-5-2-6-12-19)22-14-8-7-13-21(22)25(23)18-9-3-1-4-10-18;27-20-15-16-23-24(17-20)26(29,19-11-5-2-6-12-19)22-14-8-7-13-21(22)25(23,28)18-9-3-1-4-10-18;27-20-15-16-23-24(17-20)26(19-11-5-2-6-12-19)22-14-8-7-13-21(22)25(23)18-9-3-1-4-10-18;15-8-5-6-11-12(7-8)14(17)10-4-2-1-3-9(10)13(11)16;7-6-4-2-1-3-5-6;1-3-4-2;;;1-4(2)3;/h2*1-17,28-29H;1-17H;1-7H;1-5H;1,3-4H2,2H3;;;(H,1,2,3);/q;;;;;-1;2*+1;;-1. The second kappa shape index (κ2) is 41.8. The van der Waals surface area contributed by atoms with Crippen LogP contribution in [0.2, 0.25) is 15.1 Å². The molecular formula is C102H78BBrCl3LiNaO9P. The Hall–Kier alpha value is -10.0.